The van der Waals surface area contributed by atoms with E-state index >= 15 is 0 Å². The topological polar surface area (TPSA) is 35.5 Å². The summed E-state index contributed by atoms with van der Waals surface area (Å²) in [5.74, 6) is -2.80. The molecular weight excluding hydrogens is 326 g/mol. The maximum absolute atomic E-state index is 12.6. The first-order chi connectivity index (χ1) is 11.8. The van der Waals surface area contributed by atoms with E-state index in [2.05, 4.69) is 30.7 Å². The molecule has 0 spiro atoms. The molecule has 0 amide bonds. The normalized spacial score (nSPS) is 11.8. The fourth-order valence-corrected chi connectivity index (χ4v) is 2.74. The van der Waals surface area contributed by atoms with Crippen molar-refractivity contribution < 1.29 is 23.0 Å². The molecule has 0 atom stereocenters. The van der Waals surface area contributed by atoms with E-state index in [0.29, 0.717) is 18.6 Å². The number of ether oxygens (including phenoxy) is 2. The Bertz CT molecular complexity index is 718. The van der Waals surface area contributed by atoms with Gasteiger partial charge in [0.2, 0.25) is 0 Å². The standard InChI is InChI=1S/C20H24F2O3/c1-4-14(5-2)15-6-7-17-11-18(9-8-16(17)10-15)24-12-19(23)25-13-20(3,21)22/h6-11,14H,4-5,12-13H2,1-3H3. The van der Waals surface area contributed by atoms with Gasteiger partial charge in [0.15, 0.2) is 13.2 Å². The maximum atomic E-state index is 12.6. The number of carbonyl (C=O) groups excluding carboxylic acids is 1. The zero-order valence-electron chi connectivity index (χ0n) is 14.9. The second kappa shape index (κ2) is 8.28. The minimum absolute atomic E-state index is 0.395. The predicted molar refractivity (Wildman–Crippen MR) is 94.3 cm³/mol. The van der Waals surface area contributed by atoms with Crippen LogP contribution in [-0.4, -0.2) is 25.1 Å². The lowest BCUT2D eigenvalue weighted by molar-refractivity contribution is -0.155. The van der Waals surface area contributed by atoms with Crippen molar-refractivity contribution in [2.24, 2.45) is 0 Å². The van der Waals surface area contributed by atoms with Crippen molar-refractivity contribution in [3.63, 3.8) is 0 Å². The molecule has 0 aliphatic carbocycles. The van der Waals surface area contributed by atoms with Crippen LogP contribution < -0.4 is 4.74 Å². The van der Waals surface area contributed by atoms with Gasteiger partial charge in [-0.15, -0.1) is 0 Å². The van der Waals surface area contributed by atoms with E-state index < -0.39 is 25.1 Å². The van der Waals surface area contributed by atoms with Gasteiger partial charge in [0.25, 0.3) is 5.92 Å². The predicted octanol–water partition coefficient (Wildman–Crippen LogP) is 5.32. The number of rotatable bonds is 8. The Morgan fingerprint density at radius 2 is 1.72 bits per heavy atom. The van der Waals surface area contributed by atoms with Crippen LogP contribution in [0.4, 0.5) is 8.78 Å². The Balaban J connectivity index is 2.01. The van der Waals surface area contributed by atoms with Crippen molar-refractivity contribution in [2.45, 2.75) is 45.5 Å². The molecule has 0 aliphatic rings. The van der Waals surface area contributed by atoms with Gasteiger partial charge in [-0.25, -0.2) is 13.6 Å². The fraction of sp³-hybridized carbons (Fsp3) is 0.450. The Kier molecular flexibility index (Phi) is 6.34. The highest BCUT2D eigenvalue weighted by Gasteiger charge is 2.23. The largest absolute Gasteiger partial charge is 0.482 e. The van der Waals surface area contributed by atoms with Gasteiger partial charge in [-0.2, -0.15) is 0 Å². The Morgan fingerprint density at radius 1 is 1.08 bits per heavy atom. The highest BCUT2D eigenvalue weighted by atomic mass is 19.3. The third kappa shape index (κ3) is 5.69. The zero-order valence-corrected chi connectivity index (χ0v) is 14.9. The molecule has 0 bridgehead atoms. The van der Waals surface area contributed by atoms with Crippen molar-refractivity contribution in [1.29, 1.82) is 0 Å². The first-order valence-electron chi connectivity index (χ1n) is 8.52. The number of esters is 1. The van der Waals surface area contributed by atoms with Crippen molar-refractivity contribution in [3.05, 3.63) is 42.0 Å². The lowest BCUT2D eigenvalue weighted by Crippen LogP contribution is -2.24. The average Bonchev–Trinajstić information content (AvgIpc) is 2.58. The molecule has 0 aliphatic heterocycles. The Hall–Kier alpha value is -2.17. The summed E-state index contributed by atoms with van der Waals surface area (Å²) in [4.78, 5) is 11.4. The minimum atomic E-state index is -3.04. The molecule has 3 nitrogen and oxygen atoms in total. The van der Waals surface area contributed by atoms with E-state index in [0.717, 1.165) is 23.6 Å². The molecule has 2 aromatic carbocycles. The van der Waals surface area contributed by atoms with Crippen molar-refractivity contribution in [3.8, 4) is 5.75 Å². The molecule has 2 aromatic rings. The second-order valence-corrected chi connectivity index (χ2v) is 6.30. The number of hydrogen-bond acceptors (Lipinski definition) is 3. The van der Waals surface area contributed by atoms with Gasteiger partial charge in [0, 0.05) is 6.92 Å². The van der Waals surface area contributed by atoms with Gasteiger partial charge in [-0.3, -0.25) is 0 Å². The summed E-state index contributed by atoms with van der Waals surface area (Å²) < 4.78 is 35.1. The summed E-state index contributed by atoms with van der Waals surface area (Å²) >= 11 is 0. The molecule has 136 valence electrons. The molecule has 2 rings (SSSR count). The highest BCUT2D eigenvalue weighted by Crippen LogP contribution is 2.28. The summed E-state index contributed by atoms with van der Waals surface area (Å²) in [5, 5.41) is 2.10. The average molecular weight is 350 g/mol. The SMILES string of the molecule is CCC(CC)c1ccc2cc(OCC(=O)OCC(C)(F)F)ccc2c1. The number of halogens is 2. The summed E-state index contributed by atoms with van der Waals surface area (Å²) in [6.07, 6.45) is 2.20. The van der Waals surface area contributed by atoms with Crippen LogP contribution in [0.2, 0.25) is 0 Å². The molecule has 0 fully saturated rings. The van der Waals surface area contributed by atoms with E-state index in [1.54, 1.807) is 6.07 Å². The molecule has 0 saturated heterocycles. The summed E-state index contributed by atoms with van der Waals surface area (Å²) in [5.41, 5.74) is 1.32. The highest BCUT2D eigenvalue weighted by molar-refractivity contribution is 5.84. The van der Waals surface area contributed by atoms with Crippen LogP contribution in [0.1, 0.15) is 45.1 Å². The van der Waals surface area contributed by atoms with Crippen LogP contribution in [0.5, 0.6) is 5.75 Å². The number of fused-ring (bicyclic) bond motifs is 1. The van der Waals surface area contributed by atoms with E-state index in [9.17, 15) is 13.6 Å². The van der Waals surface area contributed by atoms with Crippen LogP contribution in [0.3, 0.4) is 0 Å². The summed E-state index contributed by atoms with van der Waals surface area (Å²) in [6, 6.07) is 11.8. The number of hydrogen-bond donors (Lipinski definition) is 0. The van der Waals surface area contributed by atoms with E-state index in [4.69, 9.17) is 4.74 Å². The van der Waals surface area contributed by atoms with E-state index in [-0.39, 0.29) is 0 Å². The number of benzene rings is 2. The summed E-state index contributed by atoms with van der Waals surface area (Å²) in [7, 11) is 0. The molecule has 0 heterocycles. The van der Waals surface area contributed by atoms with E-state index in [1.807, 2.05) is 18.2 Å². The first-order valence-corrected chi connectivity index (χ1v) is 8.52. The third-order valence-corrected chi connectivity index (χ3v) is 4.14. The van der Waals surface area contributed by atoms with Crippen LogP contribution >= 0.6 is 0 Å². The van der Waals surface area contributed by atoms with E-state index in [1.165, 1.54) is 5.56 Å². The van der Waals surface area contributed by atoms with Crippen LogP contribution in [0.15, 0.2) is 36.4 Å². The third-order valence-electron chi connectivity index (χ3n) is 4.14. The Labute approximate surface area is 146 Å². The minimum Gasteiger partial charge on any atom is -0.482 e. The van der Waals surface area contributed by atoms with Crippen molar-refractivity contribution in [1.82, 2.24) is 0 Å². The summed E-state index contributed by atoms with van der Waals surface area (Å²) in [6.45, 7) is 3.73. The zero-order chi connectivity index (χ0) is 18.4. The molecule has 0 N–H and O–H groups in total. The van der Waals surface area contributed by atoms with Gasteiger partial charge in [0.1, 0.15) is 5.75 Å². The molecule has 0 saturated carbocycles. The number of alkyl halides is 2. The van der Waals surface area contributed by atoms with Gasteiger partial charge in [0.05, 0.1) is 0 Å². The second-order valence-electron chi connectivity index (χ2n) is 6.30. The number of carbonyl (C=O) groups is 1. The smallest absolute Gasteiger partial charge is 0.344 e. The molecule has 5 heteroatoms. The maximum Gasteiger partial charge on any atom is 0.344 e. The van der Waals surface area contributed by atoms with Gasteiger partial charge in [-0.1, -0.05) is 38.1 Å². The molecular formula is C20H24F2O3. The monoisotopic (exact) mass is 350 g/mol. The van der Waals surface area contributed by atoms with Crippen LogP contribution in [0.25, 0.3) is 10.8 Å². The van der Waals surface area contributed by atoms with Gasteiger partial charge >= 0.3 is 5.97 Å². The molecule has 0 aromatic heterocycles. The van der Waals surface area contributed by atoms with Crippen molar-refractivity contribution in [2.75, 3.05) is 13.2 Å². The Morgan fingerprint density at radius 3 is 2.36 bits per heavy atom. The fourth-order valence-electron chi connectivity index (χ4n) is 2.74. The van der Waals surface area contributed by atoms with Crippen LogP contribution in [-0.2, 0) is 9.53 Å². The van der Waals surface area contributed by atoms with Gasteiger partial charge < -0.3 is 9.47 Å². The molecule has 0 radical (unpaired) electrons. The lowest BCUT2D eigenvalue weighted by atomic mass is 9.92. The van der Waals surface area contributed by atoms with Crippen LogP contribution in [0, 0.1) is 0 Å². The molecule has 25 heavy (non-hydrogen) atoms. The lowest BCUT2D eigenvalue weighted by Gasteiger charge is -2.14. The molecule has 0 unspecified atom stereocenters. The quantitative estimate of drug-likeness (QED) is 0.604. The first kappa shape index (κ1) is 19.2. The van der Waals surface area contributed by atoms with Crippen molar-refractivity contribution >= 4 is 16.7 Å². The van der Waals surface area contributed by atoms with Gasteiger partial charge in [-0.05, 0) is 47.2 Å².